The van der Waals surface area contributed by atoms with Crippen LogP contribution in [0.2, 0.25) is 0 Å². The Morgan fingerprint density at radius 1 is 1.75 bits per heavy atom. The average molecular weight is 161 g/mol. The zero-order valence-corrected chi connectivity index (χ0v) is 6.81. The first-order chi connectivity index (χ1) is 5.70. The molecule has 0 N–H and O–H groups in total. The van der Waals surface area contributed by atoms with Crippen molar-refractivity contribution in [1.82, 2.24) is 4.57 Å². The van der Waals surface area contributed by atoms with E-state index in [4.69, 9.17) is 10.8 Å². The minimum absolute atomic E-state index is 0.464. The first-order valence-corrected chi connectivity index (χ1v) is 3.32. The molecule has 0 spiro atoms. The van der Waals surface area contributed by atoms with Gasteiger partial charge in [-0.2, -0.15) is 5.26 Å². The largest absolute Gasteiger partial charge is 0.334 e. The molecule has 0 atom stereocenters. The van der Waals surface area contributed by atoms with Gasteiger partial charge in [-0.25, -0.2) is 0 Å². The molecular weight excluding hydrogens is 154 g/mol. The summed E-state index contributed by atoms with van der Waals surface area (Å²) in [7, 11) is 1.69. The van der Waals surface area contributed by atoms with Gasteiger partial charge >= 0.3 is 0 Å². The molecule has 5 nitrogen and oxygen atoms in total. The third-order valence-corrected chi connectivity index (χ3v) is 1.65. The maximum Gasteiger partial charge on any atom is 0.123 e. The molecule has 1 heterocycles. The molecule has 60 valence electrons. The smallest absolute Gasteiger partial charge is 0.123 e. The molecule has 1 aromatic heterocycles. The molecule has 0 radical (unpaired) electrons. The Hall–Kier alpha value is -1.92. The van der Waals surface area contributed by atoms with Gasteiger partial charge in [-0.15, -0.1) is 0 Å². The highest BCUT2D eigenvalue weighted by Crippen LogP contribution is 2.19. The quantitative estimate of drug-likeness (QED) is 0.353. The molecule has 0 amide bonds. The first-order valence-electron chi connectivity index (χ1n) is 3.32. The average Bonchev–Trinajstić information content (AvgIpc) is 2.29. The fourth-order valence-electron chi connectivity index (χ4n) is 1.04. The van der Waals surface area contributed by atoms with Gasteiger partial charge in [0.05, 0.1) is 0 Å². The Morgan fingerprint density at radius 3 is 2.83 bits per heavy atom. The van der Waals surface area contributed by atoms with Crippen LogP contribution in [0.4, 0.5) is 5.82 Å². The van der Waals surface area contributed by atoms with Crippen LogP contribution in [-0.2, 0) is 7.05 Å². The van der Waals surface area contributed by atoms with Crippen LogP contribution < -0.4 is 0 Å². The predicted octanol–water partition coefficient (Wildman–Crippen LogP) is 2.15. The van der Waals surface area contributed by atoms with Crippen molar-refractivity contribution in [1.29, 1.82) is 5.26 Å². The van der Waals surface area contributed by atoms with Gasteiger partial charge in [0.25, 0.3) is 0 Å². The number of nitriles is 1. The number of hydrogen-bond donors (Lipinski definition) is 0. The monoisotopic (exact) mass is 161 g/mol. The van der Waals surface area contributed by atoms with Gasteiger partial charge in [0.15, 0.2) is 0 Å². The van der Waals surface area contributed by atoms with Gasteiger partial charge < -0.3 is 4.57 Å². The lowest BCUT2D eigenvalue weighted by molar-refractivity contribution is 0.901. The molecule has 0 fully saturated rings. The second-order valence-corrected chi connectivity index (χ2v) is 2.39. The molecule has 0 unspecified atom stereocenters. The molecule has 0 bridgehead atoms. The van der Waals surface area contributed by atoms with Gasteiger partial charge in [-0.05, 0) is 29.2 Å². The van der Waals surface area contributed by atoms with E-state index in [2.05, 4.69) is 10.0 Å². The summed E-state index contributed by atoms with van der Waals surface area (Å²) in [5, 5.41) is 12.1. The third-order valence-electron chi connectivity index (χ3n) is 1.65. The van der Waals surface area contributed by atoms with E-state index in [0.717, 1.165) is 5.56 Å². The number of rotatable bonds is 1. The van der Waals surface area contributed by atoms with Crippen LogP contribution in [0.15, 0.2) is 11.2 Å². The van der Waals surface area contributed by atoms with Crippen LogP contribution in [-0.4, -0.2) is 4.57 Å². The maximum atomic E-state index is 8.68. The van der Waals surface area contributed by atoms with Crippen LogP contribution >= 0.6 is 0 Å². The summed E-state index contributed by atoms with van der Waals surface area (Å²) in [4.78, 5) is 2.65. The lowest BCUT2D eigenvalue weighted by atomic mass is 10.3. The molecule has 1 rings (SSSR count). The van der Waals surface area contributed by atoms with E-state index in [9.17, 15) is 0 Å². The topological polar surface area (TPSA) is 77.5 Å². The van der Waals surface area contributed by atoms with Crippen LogP contribution in [0.3, 0.4) is 0 Å². The van der Waals surface area contributed by atoms with E-state index >= 15 is 0 Å². The van der Waals surface area contributed by atoms with E-state index < -0.39 is 0 Å². The molecular formula is C7H7N5. The van der Waals surface area contributed by atoms with Crippen molar-refractivity contribution in [3.05, 3.63) is 27.8 Å². The van der Waals surface area contributed by atoms with Crippen molar-refractivity contribution in [2.75, 3.05) is 0 Å². The summed E-state index contributed by atoms with van der Waals surface area (Å²) in [6, 6.07) is 3.70. The molecule has 0 aliphatic rings. The summed E-state index contributed by atoms with van der Waals surface area (Å²) in [5.41, 5.74) is 9.53. The Kier molecular flexibility index (Phi) is 2.04. The standard InChI is InChI=1S/C7H7N5/c1-5-3-7(10-11-9)12(2)6(5)4-8/h3H,1-2H3. The third kappa shape index (κ3) is 1.11. The minimum Gasteiger partial charge on any atom is -0.334 e. The normalized spacial score (nSPS) is 8.75. The van der Waals surface area contributed by atoms with Gasteiger partial charge in [0.2, 0.25) is 0 Å². The Balaban J connectivity index is 3.38. The summed E-state index contributed by atoms with van der Waals surface area (Å²) < 4.78 is 1.56. The highest BCUT2D eigenvalue weighted by atomic mass is 15.2. The van der Waals surface area contributed by atoms with Crippen LogP contribution in [0.5, 0.6) is 0 Å². The highest BCUT2D eigenvalue weighted by molar-refractivity contribution is 5.44. The van der Waals surface area contributed by atoms with E-state index in [1.807, 2.05) is 6.07 Å². The van der Waals surface area contributed by atoms with E-state index in [-0.39, 0.29) is 0 Å². The molecule has 0 aliphatic heterocycles. The summed E-state index contributed by atoms with van der Waals surface area (Å²) in [5.74, 6) is 0.464. The highest BCUT2D eigenvalue weighted by Gasteiger charge is 2.06. The van der Waals surface area contributed by atoms with Crippen molar-refractivity contribution in [3.63, 3.8) is 0 Å². The zero-order valence-electron chi connectivity index (χ0n) is 6.81. The van der Waals surface area contributed by atoms with Crippen molar-refractivity contribution in [2.24, 2.45) is 12.2 Å². The fourth-order valence-corrected chi connectivity index (χ4v) is 1.04. The summed E-state index contributed by atoms with van der Waals surface area (Å²) >= 11 is 0. The molecule has 12 heavy (non-hydrogen) atoms. The van der Waals surface area contributed by atoms with E-state index in [1.165, 1.54) is 0 Å². The first kappa shape index (κ1) is 8.18. The second-order valence-electron chi connectivity index (χ2n) is 2.39. The SMILES string of the molecule is Cc1cc(N=[N+]=[N-])n(C)c1C#N. The van der Waals surface area contributed by atoms with Gasteiger partial charge in [-0.3, -0.25) is 0 Å². The predicted molar refractivity (Wildman–Crippen MR) is 43.7 cm³/mol. The fraction of sp³-hybridized carbons (Fsp3) is 0.286. The van der Waals surface area contributed by atoms with Crippen LogP contribution in [0.25, 0.3) is 10.4 Å². The summed E-state index contributed by atoms with van der Waals surface area (Å²) in [6.45, 7) is 1.80. The number of aromatic nitrogens is 1. The Labute approximate surface area is 69.5 Å². The molecule has 0 saturated carbocycles. The number of aryl methyl sites for hydroxylation is 1. The Morgan fingerprint density at radius 2 is 2.42 bits per heavy atom. The molecule has 0 aliphatic carbocycles. The van der Waals surface area contributed by atoms with Crippen molar-refractivity contribution in [2.45, 2.75) is 6.92 Å². The van der Waals surface area contributed by atoms with Gasteiger partial charge in [0.1, 0.15) is 17.6 Å². The van der Waals surface area contributed by atoms with Crippen LogP contribution in [0, 0.1) is 18.3 Å². The number of hydrogen-bond acceptors (Lipinski definition) is 2. The van der Waals surface area contributed by atoms with Crippen molar-refractivity contribution < 1.29 is 0 Å². The molecule has 0 aromatic carbocycles. The van der Waals surface area contributed by atoms with Crippen molar-refractivity contribution in [3.8, 4) is 6.07 Å². The second kappa shape index (κ2) is 2.99. The molecule has 5 heteroatoms. The zero-order chi connectivity index (χ0) is 9.14. The lowest BCUT2D eigenvalue weighted by Crippen LogP contribution is -1.90. The van der Waals surface area contributed by atoms with E-state index in [1.54, 1.807) is 24.6 Å². The van der Waals surface area contributed by atoms with E-state index in [0.29, 0.717) is 11.5 Å². The molecule has 1 aromatic rings. The van der Waals surface area contributed by atoms with Gasteiger partial charge in [0, 0.05) is 12.0 Å². The molecule has 0 saturated heterocycles. The lowest BCUT2D eigenvalue weighted by Gasteiger charge is -1.95. The maximum absolute atomic E-state index is 8.68. The summed E-state index contributed by atoms with van der Waals surface area (Å²) in [6.07, 6.45) is 0. The minimum atomic E-state index is 0.464. The van der Waals surface area contributed by atoms with Crippen LogP contribution in [0.1, 0.15) is 11.3 Å². The van der Waals surface area contributed by atoms with Gasteiger partial charge in [-0.1, -0.05) is 0 Å². The number of azide groups is 1. The number of nitrogens with zero attached hydrogens (tertiary/aromatic N) is 5. The van der Waals surface area contributed by atoms with Crippen molar-refractivity contribution >= 4 is 5.82 Å². The Bertz CT molecular complexity index is 389.